The van der Waals surface area contributed by atoms with Gasteiger partial charge < -0.3 is 10.1 Å². The molecule has 1 rings (SSSR count). The van der Waals surface area contributed by atoms with E-state index in [0.29, 0.717) is 17.6 Å². The molecule has 0 aromatic rings. The second-order valence-electron chi connectivity index (χ2n) is 4.02. The molecular weight excluding hydrogens is 218 g/mol. The van der Waals surface area contributed by atoms with Crippen LogP contribution in [0.15, 0.2) is 35.5 Å². The van der Waals surface area contributed by atoms with E-state index >= 15 is 0 Å². The molecule has 0 atom stereocenters. The lowest BCUT2D eigenvalue weighted by molar-refractivity contribution is -0.135. The quantitative estimate of drug-likeness (QED) is 0.754. The normalized spacial score (nSPS) is 14.8. The summed E-state index contributed by atoms with van der Waals surface area (Å²) in [5.41, 5.74) is 0.874. The lowest BCUT2D eigenvalue weighted by Gasteiger charge is -2.08. The number of hydrogen-bond acceptors (Lipinski definition) is 3. The number of amides is 1. The van der Waals surface area contributed by atoms with Crippen molar-refractivity contribution in [3.8, 4) is 0 Å². The first-order valence-electron chi connectivity index (χ1n) is 5.52. The van der Waals surface area contributed by atoms with Gasteiger partial charge in [-0.25, -0.2) is 4.79 Å². The monoisotopic (exact) mass is 235 g/mol. The maximum absolute atomic E-state index is 11.8. The minimum Gasteiger partial charge on any atom is -0.465 e. The number of rotatable bonds is 3. The van der Waals surface area contributed by atoms with Crippen molar-refractivity contribution in [3.63, 3.8) is 0 Å². The molecule has 17 heavy (non-hydrogen) atoms. The van der Waals surface area contributed by atoms with Gasteiger partial charge in [-0.2, -0.15) is 0 Å². The van der Waals surface area contributed by atoms with Crippen LogP contribution in [0.25, 0.3) is 0 Å². The highest BCUT2D eigenvalue weighted by molar-refractivity contribution is 6.00. The van der Waals surface area contributed by atoms with Crippen LogP contribution in [-0.4, -0.2) is 25.0 Å². The molecule has 0 radical (unpaired) electrons. The van der Waals surface area contributed by atoms with Gasteiger partial charge in [0.15, 0.2) is 0 Å². The predicted molar refractivity (Wildman–Crippen MR) is 65.2 cm³/mol. The lowest BCUT2D eigenvalue weighted by Crippen LogP contribution is -2.31. The molecule has 0 aromatic carbocycles. The third kappa shape index (κ3) is 3.90. The Morgan fingerprint density at radius 2 is 2.06 bits per heavy atom. The van der Waals surface area contributed by atoms with E-state index in [-0.39, 0.29) is 11.9 Å². The van der Waals surface area contributed by atoms with Gasteiger partial charge in [-0.15, -0.1) is 0 Å². The Bertz CT molecular complexity index is 403. The van der Waals surface area contributed by atoms with Gasteiger partial charge in [0.1, 0.15) is 0 Å². The highest BCUT2D eigenvalue weighted by Gasteiger charge is 2.13. The Labute approximate surface area is 101 Å². The summed E-state index contributed by atoms with van der Waals surface area (Å²) in [5.74, 6) is -0.614. The third-order valence-corrected chi connectivity index (χ3v) is 2.19. The van der Waals surface area contributed by atoms with E-state index in [2.05, 4.69) is 10.1 Å². The zero-order valence-electron chi connectivity index (χ0n) is 10.3. The van der Waals surface area contributed by atoms with Crippen LogP contribution < -0.4 is 5.32 Å². The van der Waals surface area contributed by atoms with Crippen molar-refractivity contribution in [3.05, 3.63) is 35.5 Å². The Morgan fingerprint density at radius 1 is 1.35 bits per heavy atom. The second kappa shape index (κ2) is 6.03. The number of methoxy groups -OCH3 is 1. The molecule has 4 heteroatoms. The molecule has 0 saturated carbocycles. The summed E-state index contributed by atoms with van der Waals surface area (Å²) >= 11 is 0. The second-order valence-corrected chi connectivity index (χ2v) is 4.02. The van der Waals surface area contributed by atoms with Gasteiger partial charge in [-0.1, -0.05) is 18.2 Å². The molecular formula is C13H17NO3. The molecule has 92 valence electrons. The van der Waals surface area contributed by atoms with Crippen LogP contribution in [0.4, 0.5) is 0 Å². The molecule has 0 bridgehead atoms. The van der Waals surface area contributed by atoms with E-state index < -0.39 is 5.97 Å². The number of carbonyl (C=O) groups excluding carboxylic acids is 2. The molecule has 0 saturated heterocycles. The van der Waals surface area contributed by atoms with Crippen LogP contribution in [0.2, 0.25) is 0 Å². The largest absolute Gasteiger partial charge is 0.465 e. The van der Waals surface area contributed by atoms with E-state index in [0.717, 1.165) is 0 Å². The Hall–Kier alpha value is -1.84. The van der Waals surface area contributed by atoms with Gasteiger partial charge in [0.2, 0.25) is 0 Å². The van der Waals surface area contributed by atoms with Crippen molar-refractivity contribution in [1.82, 2.24) is 5.32 Å². The number of esters is 1. The minimum atomic E-state index is -0.427. The number of allylic oxidation sites excluding steroid dienone is 2. The standard InChI is InChI=1S/C13H17NO3/c1-9(2)14-12(15)10-6-4-5-7-11(8-10)13(16)17-3/h4,6-9H,5H2,1-3H3,(H,14,15). The summed E-state index contributed by atoms with van der Waals surface area (Å²) in [4.78, 5) is 23.2. The Kier molecular flexibility index (Phi) is 4.69. The summed E-state index contributed by atoms with van der Waals surface area (Å²) in [5, 5.41) is 2.78. The van der Waals surface area contributed by atoms with Crippen molar-refractivity contribution in [2.24, 2.45) is 0 Å². The Morgan fingerprint density at radius 3 is 2.65 bits per heavy atom. The molecule has 4 nitrogen and oxygen atoms in total. The van der Waals surface area contributed by atoms with Crippen molar-refractivity contribution < 1.29 is 14.3 Å². The van der Waals surface area contributed by atoms with Crippen LogP contribution >= 0.6 is 0 Å². The zero-order valence-corrected chi connectivity index (χ0v) is 10.3. The molecule has 0 aliphatic heterocycles. The maximum atomic E-state index is 11.8. The number of nitrogens with one attached hydrogen (secondary N) is 1. The summed E-state index contributed by atoms with van der Waals surface area (Å²) in [6.07, 6.45) is 7.44. The van der Waals surface area contributed by atoms with Gasteiger partial charge in [0.05, 0.1) is 12.7 Å². The predicted octanol–water partition coefficient (Wildman–Crippen LogP) is 1.50. The molecule has 0 aromatic heterocycles. The first-order valence-corrected chi connectivity index (χ1v) is 5.52. The molecule has 0 heterocycles. The van der Waals surface area contributed by atoms with Crippen molar-refractivity contribution in [1.29, 1.82) is 0 Å². The van der Waals surface area contributed by atoms with Gasteiger partial charge >= 0.3 is 5.97 Å². The first-order chi connectivity index (χ1) is 8.04. The highest BCUT2D eigenvalue weighted by Crippen LogP contribution is 2.12. The lowest BCUT2D eigenvalue weighted by atomic mass is 10.1. The first kappa shape index (κ1) is 13.2. The summed E-state index contributed by atoms with van der Waals surface area (Å²) < 4.78 is 4.64. The van der Waals surface area contributed by atoms with Crippen LogP contribution in [-0.2, 0) is 14.3 Å². The smallest absolute Gasteiger partial charge is 0.337 e. The average molecular weight is 235 g/mol. The van der Waals surface area contributed by atoms with E-state index in [4.69, 9.17) is 0 Å². The third-order valence-electron chi connectivity index (χ3n) is 2.19. The number of ether oxygens (including phenoxy) is 1. The van der Waals surface area contributed by atoms with Gasteiger partial charge in [0.25, 0.3) is 5.91 Å². The fourth-order valence-electron chi connectivity index (χ4n) is 1.41. The molecule has 1 amide bonds. The van der Waals surface area contributed by atoms with Gasteiger partial charge in [0, 0.05) is 11.6 Å². The van der Waals surface area contributed by atoms with E-state index in [1.54, 1.807) is 18.2 Å². The molecule has 1 aliphatic rings. The molecule has 0 unspecified atom stereocenters. The Balaban J connectivity index is 2.90. The average Bonchev–Trinajstić information content (AvgIpc) is 2.52. The van der Waals surface area contributed by atoms with E-state index in [1.807, 2.05) is 19.9 Å². The number of carbonyl (C=O) groups is 2. The molecule has 0 fully saturated rings. The fraction of sp³-hybridized carbons (Fsp3) is 0.385. The number of hydrogen-bond donors (Lipinski definition) is 1. The maximum Gasteiger partial charge on any atom is 0.337 e. The van der Waals surface area contributed by atoms with Crippen LogP contribution in [0.5, 0.6) is 0 Å². The summed E-state index contributed by atoms with van der Waals surface area (Å²) in [7, 11) is 1.32. The van der Waals surface area contributed by atoms with Crippen molar-refractivity contribution in [2.45, 2.75) is 26.3 Å². The van der Waals surface area contributed by atoms with Crippen molar-refractivity contribution in [2.75, 3.05) is 7.11 Å². The van der Waals surface area contributed by atoms with Crippen molar-refractivity contribution >= 4 is 11.9 Å². The summed E-state index contributed by atoms with van der Waals surface area (Å²) in [6, 6.07) is 0.0607. The zero-order chi connectivity index (χ0) is 12.8. The van der Waals surface area contributed by atoms with E-state index in [1.165, 1.54) is 7.11 Å². The summed E-state index contributed by atoms with van der Waals surface area (Å²) in [6.45, 7) is 3.77. The van der Waals surface area contributed by atoms with E-state index in [9.17, 15) is 9.59 Å². The topological polar surface area (TPSA) is 55.4 Å². The van der Waals surface area contributed by atoms with Crippen LogP contribution in [0.3, 0.4) is 0 Å². The van der Waals surface area contributed by atoms with Crippen LogP contribution in [0.1, 0.15) is 20.3 Å². The van der Waals surface area contributed by atoms with Gasteiger partial charge in [-0.05, 0) is 26.3 Å². The molecule has 1 N–H and O–H groups in total. The molecule has 1 aliphatic carbocycles. The van der Waals surface area contributed by atoms with Gasteiger partial charge in [-0.3, -0.25) is 4.79 Å². The molecule has 0 spiro atoms. The SMILES string of the molecule is COC(=O)C1=CCC=CC(C(=O)NC(C)C)=C1. The minimum absolute atomic E-state index is 0.0607. The highest BCUT2D eigenvalue weighted by atomic mass is 16.5. The fourth-order valence-corrected chi connectivity index (χ4v) is 1.41. The van der Waals surface area contributed by atoms with Crippen LogP contribution in [0, 0.1) is 0 Å².